The zero-order chi connectivity index (χ0) is 85.0. The number of nitrogens with one attached hydrogen (secondary N) is 15. The van der Waals surface area contributed by atoms with Crippen LogP contribution < -0.4 is 137 Å². The number of carboxylic acids is 2. The molecule has 0 rings (SSSR count). The van der Waals surface area contributed by atoms with Gasteiger partial charge in [0.15, 0.2) is 11.9 Å². The van der Waals surface area contributed by atoms with Crippen LogP contribution in [0.25, 0.3) is 0 Å². The molecule has 0 aliphatic carbocycles. The van der Waals surface area contributed by atoms with Crippen LogP contribution in [0.5, 0.6) is 0 Å². The summed E-state index contributed by atoms with van der Waals surface area (Å²) in [5.74, 6) is -20.8. The predicted molar refractivity (Wildman–Crippen MR) is 395 cm³/mol. The number of carbonyl (C=O) groups excluding carboxylic acids is 18. The number of thioether (sulfide) groups is 2. The molecule has 0 saturated carbocycles. The summed E-state index contributed by atoms with van der Waals surface area (Å²) in [5.41, 5.74) is 54.5. The fraction of sp³-hybridized carbons (Fsp3) is 0.627. The first-order valence-corrected chi connectivity index (χ1v) is 36.2. The number of carbonyl (C=O) groups is 20. The summed E-state index contributed by atoms with van der Waals surface area (Å²) in [5, 5.41) is 70.4. The Balaban J connectivity index is 6.02. The Bertz CT molecular complexity index is 3310. The number of aliphatic hydroxyl groups is 2. The number of nitrogens with two attached hydrogens (primary N) is 10. The number of nitrogens with zero attached hydrogens (tertiary/aromatic N) is 2. The lowest BCUT2D eigenvalue weighted by Crippen LogP contribution is -2.56. The number of hydrogen-bond donors (Lipinski definition) is 29. The Morgan fingerprint density at radius 1 is 0.348 bits per heavy atom. The highest BCUT2D eigenvalue weighted by Gasteiger charge is 2.32. The third-order valence-electron chi connectivity index (χ3n) is 14.5. The summed E-state index contributed by atoms with van der Waals surface area (Å²) in [6.07, 6.45) is -1.44. The SMILES string of the molecule is NCC(=O)N[C@@H](CCCCNC(=O)CCC(CSC[C@H](N)C(=O)NCC(=O)NCC(=O)N[C@@H](CCCN=C(N)N)C(=O)NCC(=O)N[C@@H](CC(=O)O)C(=O)N[C@@H](CO)C(N)=O)SC[C@H](N)C(=O)NCC(=O)NCC(=O)N[C@@H](CCCN=C(N)N)C(=O)NCC(=O)N[C@@H](CC(=O)O)C(=O)N[C@@H](CO)C(N)=O)C(=O)NCC(N)=O. The van der Waals surface area contributed by atoms with Gasteiger partial charge in [0, 0.05) is 48.6 Å². The Labute approximate surface area is 647 Å². The van der Waals surface area contributed by atoms with E-state index in [-0.39, 0.29) is 93.8 Å². The zero-order valence-corrected chi connectivity index (χ0v) is 62.4. The molecule has 0 aliphatic heterocycles. The number of primary amides is 3. The van der Waals surface area contributed by atoms with Crippen LogP contribution in [-0.2, 0) is 95.9 Å². The van der Waals surface area contributed by atoms with E-state index in [0.29, 0.717) is 12.8 Å². The molecule has 0 heterocycles. The Kier molecular flexibility index (Phi) is 50.8. The summed E-state index contributed by atoms with van der Waals surface area (Å²) < 4.78 is 0. The normalized spacial score (nSPS) is 13.3. The number of rotatable bonds is 60. The zero-order valence-electron chi connectivity index (χ0n) is 60.8. The van der Waals surface area contributed by atoms with E-state index >= 15 is 0 Å². The Morgan fingerprint density at radius 2 is 0.705 bits per heavy atom. The number of unbranched alkanes of at least 4 members (excludes halogenated alkanes) is 1. The smallest absolute Gasteiger partial charge is 0.305 e. The van der Waals surface area contributed by atoms with Crippen molar-refractivity contribution < 1.29 is 116 Å². The molecule has 0 fully saturated rings. The number of guanidine groups is 2. The van der Waals surface area contributed by atoms with Crippen molar-refractivity contribution in [1.29, 1.82) is 0 Å². The molecule has 39 N–H and O–H groups in total. The number of amides is 18. The lowest BCUT2D eigenvalue weighted by molar-refractivity contribution is -0.141. The number of aliphatic imine (C=N–C) groups is 2. The Hall–Kier alpha value is -11.6. The molecular weight excluding hydrogens is 1530 g/mol. The van der Waals surface area contributed by atoms with Gasteiger partial charge in [-0.2, -0.15) is 23.5 Å². The molecule has 10 atom stereocenters. The van der Waals surface area contributed by atoms with Gasteiger partial charge in [-0.25, -0.2) is 0 Å². The van der Waals surface area contributed by atoms with Gasteiger partial charge in [-0.05, 0) is 51.4 Å². The van der Waals surface area contributed by atoms with Crippen LogP contribution in [0.3, 0.4) is 0 Å². The van der Waals surface area contributed by atoms with Crippen LogP contribution in [0.4, 0.5) is 0 Å². The molecule has 0 spiro atoms. The van der Waals surface area contributed by atoms with Gasteiger partial charge in [-0.15, -0.1) is 0 Å². The van der Waals surface area contributed by atoms with E-state index in [9.17, 15) is 116 Å². The third kappa shape index (κ3) is 48.1. The van der Waals surface area contributed by atoms with Gasteiger partial charge in [-0.1, -0.05) is 0 Å². The van der Waals surface area contributed by atoms with Gasteiger partial charge in [0.2, 0.25) is 106 Å². The van der Waals surface area contributed by atoms with E-state index in [0.717, 1.165) is 23.5 Å². The number of aliphatic carboxylic acids is 2. The monoisotopic (exact) mass is 1640 g/mol. The van der Waals surface area contributed by atoms with Crippen LogP contribution in [0.1, 0.15) is 70.6 Å². The molecule has 0 aromatic rings. The highest BCUT2D eigenvalue weighted by Crippen LogP contribution is 2.23. The first-order valence-electron chi connectivity index (χ1n) is 34.0. The van der Waals surface area contributed by atoms with Crippen LogP contribution >= 0.6 is 23.5 Å². The quantitative estimate of drug-likeness (QED) is 0.0153. The van der Waals surface area contributed by atoms with Gasteiger partial charge in [-0.3, -0.25) is 106 Å². The fourth-order valence-corrected chi connectivity index (χ4v) is 11.3. The molecule has 0 aromatic heterocycles. The van der Waals surface area contributed by atoms with Gasteiger partial charge in [0.05, 0.1) is 90.5 Å². The standard InChI is InChI=1S/C59H103N27O24S2/c60-15-40(91)80-31(53(106)75-16-38(63)89)5-1-2-10-70-39(90)9-8-28(112-27-30(62)52(105)77-18-42(93)74-20-44(95)82-33(7-4-12-72-59(68)69)55(108)79-22-46(97)84-35(14-48(100)101)57(110)86-37(24-88)50(65)103)25-111-26-29(61)51(104)76-17-41(92)73-19-43(94)81-32(6-3-11-71-58(66)67)54(107)78-21-45(96)83-34(13-47(98)99)56(109)85-36(23-87)49(64)102/h28-37,87-88H,1-27,60-62H2,(H2,63,89)(H2,64,102)(H2,65,103)(H,70,90)(H,73,92)(H,74,93)(H,75,106)(H,76,104)(H,77,105)(H,78,107)(H,79,108)(H,80,91)(H,81,94)(H,82,95)(H,83,96)(H,84,97)(H,85,109)(H,86,110)(H,98,99)(H,100,101)(H4,66,67,71)(H4,68,69,72)/t28?,29-,30-,31-,32-,33-,34-,35-,36-,37-/m0/s1. The molecule has 1 unspecified atom stereocenters. The van der Waals surface area contributed by atoms with E-state index in [1.54, 1.807) is 0 Å². The molecule has 0 radical (unpaired) electrons. The van der Waals surface area contributed by atoms with Crippen LogP contribution in [-0.4, -0.2) is 313 Å². The van der Waals surface area contributed by atoms with E-state index in [4.69, 9.17) is 57.3 Å². The average molecular weight is 1640 g/mol. The third-order valence-corrected chi connectivity index (χ3v) is 17.4. The maximum atomic E-state index is 13.3. The van der Waals surface area contributed by atoms with Gasteiger partial charge in [0.25, 0.3) is 0 Å². The first-order chi connectivity index (χ1) is 52.7. The van der Waals surface area contributed by atoms with Crippen LogP contribution in [0, 0.1) is 0 Å². The summed E-state index contributed by atoms with van der Waals surface area (Å²) in [6, 6.07) is -13.4. The number of aliphatic hydroxyl groups excluding tert-OH is 2. The molecule has 51 nitrogen and oxygen atoms in total. The average Bonchev–Trinajstić information content (AvgIpc) is 0.887. The number of carboxylic acid groups (broad SMARTS) is 2. The van der Waals surface area contributed by atoms with Crippen LogP contribution in [0.2, 0.25) is 0 Å². The molecule has 630 valence electrons. The maximum Gasteiger partial charge on any atom is 0.305 e. The van der Waals surface area contributed by atoms with Crippen molar-refractivity contribution in [3.05, 3.63) is 0 Å². The van der Waals surface area contributed by atoms with Crippen molar-refractivity contribution in [3.63, 3.8) is 0 Å². The molecular formula is C59H103N27O24S2. The van der Waals surface area contributed by atoms with Crippen molar-refractivity contribution in [1.82, 2.24) is 79.8 Å². The van der Waals surface area contributed by atoms with Crippen molar-refractivity contribution >= 4 is 154 Å². The lowest BCUT2D eigenvalue weighted by atomic mass is 10.1. The molecule has 0 aliphatic rings. The second-order valence-corrected chi connectivity index (χ2v) is 26.3. The summed E-state index contributed by atoms with van der Waals surface area (Å²) >= 11 is 2.25. The topological polar surface area (TPSA) is 888 Å². The number of hydrogen-bond acceptors (Lipinski definition) is 29. The van der Waals surface area contributed by atoms with Crippen molar-refractivity contribution in [2.75, 3.05) is 102 Å². The summed E-state index contributed by atoms with van der Waals surface area (Å²) in [6.45, 7) is -7.53. The molecule has 18 amide bonds. The minimum absolute atomic E-state index is 0.0303. The largest absolute Gasteiger partial charge is 0.481 e. The molecule has 0 saturated heterocycles. The molecule has 0 aromatic carbocycles. The van der Waals surface area contributed by atoms with Gasteiger partial charge >= 0.3 is 11.9 Å². The Morgan fingerprint density at radius 3 is 1.08 bits per heavy atom. The first kappa shape index (κ1) is 100. The summed E-state index contributed by atoms with van der Waals surface area (Å²) in [4.78, 5) is 258. The van der Waals surface area contributed by atoms with Crippen LogP contribution in [0.15, 0.2) is 9.98 Å². The van der Waals surface area contributed by atoms with Crippen molar-refractivity contribution in [2.45, 2.75) is 130 Å². The molecule has 0 bridgehead atoms. The van der Waals surface area contributed by atoms with E-state index in [1.165, 1.54) is 0 Å². The lowest BCUT2D eigenvalue weighted by Gasteiger charge is -2.21. The van der Waals surface area contributed by atoms with E-state index in [2.05, 4.69) is 79.1 Å². The second kappa shape index (κ2) is 56.6. The minimum Gasteiger partial charge on any atom is -0.481 e. The fourth-order valence-electron chi connectivity index (χ4n) is 8.75. The second-order valence-electron chi connectivity index (χ2n) is 23.9. The molecule has 112 heavy (non-hydrogen) atoms. The minimum atomic E-state index is -1.81. The van der Waals surface area contributed by atoms with E-state index < -0.39 is 256 Å². The summed E-state index contributed by atoms with van der Waals surface area (Å²) in [7, 11) is 0. The van der Waals surface area contributed by atoms with Gasteiger partial charge < -0.3 is 158 Å². The predicted octanol–water partition coefficient (Wildman–Crippen LogP) is -17.8. The van der Waals surface area contributed by atoms with Gasteiger partial charge in [0.1, 0.15) is 42.3 Å². The highest BCUT2D eigenvalue weighted by molar-refractivity contribution is 8.03. The van der Waals surface area contributed by atoms with Crippen molar-refractivity contribution in [2.24, 2.45) is 67.3 Å². The van der Waals surface area contributed by atoms with E-state index in [1.807, 2.05) is 10.6 Å². The van der Waals surface area contributed by atoms with Crippen molar-refractivity contribution in [3.8, 4) is 0 Å². The highest BCUT2D eigenvalue weighted by atomic mass is 32.2. The maximum absolute atomic E-state index is 13.3. The molecule has 53 heteroatoms.